The third kappa shape index (κ3) is 5.23. The van der Waals surface area contributed by atoms with E-state index in [0.717, 1.165) is 10.5 Å². The van der Waals surface area contributed by atoms with Gasteiger partial charge in [-0.3, -0.25) is 4.79 Å². The Balaban J connectivity index is 3.02. The van der Waals surface area contributed by atoms with Crippen molar-refractivity contribution in [3.8, 4) is 0 Å². The number of hydrogen-bond acceptors (Lipinski definition) is 1. The van der Waals surface area contributed by atoms with E-state index in [1.807, 2.05) is 0 Å². The zero-order valence-corrected chi connectivity index (χ0v) is 12.8. The first-order valence-corrected chi connectivity index (χ1v) is 7.38. The van der Waals surface area contributed by atoms with Gasteiger partial charge in [-0.15, -0.1) is 11.6 Å². The topological polar surface area (TPSA) is 20.3 Å². The zero-order valence-electron chi connectivity index (χ0n) is 12.1. The number of nitrogens with zero attached hydrogens (tertiary/aromatic N) is 1. The van der Waals surface area contributed by atoms with Crippen molar-refractivity contribution in [3.63, 3.8) is 0 Å². The summed E-state index contributed by atoms with van der Waals surface area (Å²) in [6.45, 7) is 2.33. The number of carbonyl (C=O) groups excluding carboxylic acids is 1. The summed E-state index contributed by atoms with van der Waals surface area (Å²) in [6.07, 6.45) is -3.44. The van der Waals surface area contributed by atoms with Crippen LogP contribution < -0.4 is 0 Å². The predicted molar refractivity (Wildman–Crippen MR) is 77.5 cm³/mol. The van der Waals surface area contributed by atoms with Gasteiger partial charge in [0.15, 0.2) is 0 Å². The van der Waals surface area contributed by atoms with Crippen LogP contribution >= 0.6 is 11.6 Å². The van der Waals surface area contributed by atoms with E-state index in [-0.39, 0.29) is 5.56 Å². The lowest BCUT2D eigenvalue weighted by Crippen LogP contribution is -2.45. The van der Waals surface area contributed by atoms with E-state index in [1.165, 1.54) is 12.1 Å². The molecule has 0 aliphatic heterocycles. The Bertz CT molecular complexity index is 455. The minimum atomic E-state index is -4.41. The number of hydrogen-bond donors (Lipinski definition) is 0. The van der Waals surface area contributed by atoms with Crippen LogP contribution in [0.1, 0.15) is 42.6 Å². The van der Waals surface area contributed by atoms with Crippen LogP contribution in [0.15, 0.2) is 24.3 Å². The molecule has 0 aromatic heterocycles. The second-order valence-electron chi connectivity index (χ2n) is 4.85. The molecule has 0 heterocycles. The van der Waals surface area contributed by atoms with Crippen LogP contribution in [0.2, 0.25) is 0 Å². The van der Waals surface area contributed by atoms with Crippen molar-refractivity contribution in [2.75, 3.05) is 6.54 Å². The maximum atomic E-state index is 12.7. The van der Waals surface area contributed by atoms with E-state index in [4.69, 9.17) is 11.6 Å². The fraction of sp³-hybridized carbons (Fsp3) is 0.533. The van der Waals surface area contributed by atoms with Crippen LogP contribution in [0.4, 0.5) is 13.2 Å². The molecule has 0 unspecified atom stereocenters. The molecule has 0 radical (unpaired) electrons. The Morgan fingerprint density at radius 1 is 1.19 bits per heavy atom. The summed E-state index contributed by atoms with van der Waals surface area (Å²) < 4.78 is 38.2. The van der Waals surface area contributed by atoms with E-state index in [0.29, 0.717) is 18.7 Å². The van der Waals surface area contributed by atoms with Crippen molar-refractivity contribution in [2.45, 2.75) is 44.8 Å². The first-order valence-electron chi connectivity index (χ1n) is 6.85. The lowest BCUT2D eigenvalue weighted by molar-refractivity contribution is -0.144. The van der Waals surface area contributed by atoms with Gasteiger partial charge in [-0.25, -0.2) is 0 Å². The highest BCUT2D eigenvalue weighted by atomic mass is 35.5. The van der Waals surface area contributed by atoms with Gasteiger partial charge in [-0.1, -0.05) is 26.0 Å². The maximum absolute atomic E-state index is 12.7. The first-order chi connectivity index (χ1) is 9.82. The number of amides is 1. The molecule has 0 saturated carbocycles. The van der Waals surface area contributed by atoms with Gasteiger partial charge in [0.25, 0.3) is 5.91 Å². The fourth-order valence-electron chi connectivity index (χ4n) is 2.19. The van der Waals surface area contributed by atoms with E-state index in [1.54, 1.807) is 26.0 Å². The number of halogens is 4. The van der Waals surface area contributed by atoms with Gasteiger partial charge in [-0.2, -0.15) is 13.2 Å². The van der Waals surface area contributed by atoms with Crippen LogP contribution in [-0.4, -0.2) is 29.6 Å². The average Bonchev–Trinajstić information content (AvgIpc) is 2.45. The summed E-state index contributed by atoms with van der Waals surface area (Å²) in [4.78, 5) is 13.3. The lowest BCUT2D eigenvalue weighted by atomic mass is 10.1. The van der Waals surface area contributed by atoms with Gasteiger partial charge in [0, 0.05) is 17.5 Å². The lowest BCUT2D eigenvalue weighted by Gasteiger charge is -2.31. The van der Waals surface area contributed by atoms with Gasteiger partial charge >= 0.3 is 6.18 Å². The molecule has 2 nitrogen and oxygen atoms in total. The Kier molecular flexibility index (Phi) is 6.52. The highest BCUT2D eigenvalue weighted by Gasteiger charge is 2.35. The van der Waals surface area contributed by atoms with Gasteiger partial charge in [0.05, 0.1) is 0 Å². The van der Waals surface area contributed by atoms with Crippen molar-refractivity contribution in [1.82, 2.24) is 4.90 Å². The smallest absolute Gasteiger partial charge is 0.327 e. The molecule has 0 atom stereocenters. The monoisotopic (exact) mass is 321 g/mol. The summed E-state index contributed by atoms with van der Waals surface area (Å²) in [5.74, 6) is -0.296. The zero-order chi connectivity index (χ0) is 16.0. The summed E-state index contributed by atoms with van der Waals surface area (Å²) in [7, 11) is 0. The number of carbonyl (C=O) groups is 1. The summed E-state index contributed by atoms with van der Waals surface area (Å²) >= 11 is 5.66. The van der Waals surface area contributed by atoms with E-state index < -0.39 is 24.7 Å². The quantitative estimate of drug-likeness (QED) is 0.700. The van der Waals surface area contributed by atoms with Crippen LogP contribution in [0.25, 0.3) is 0 Å². The largest absolute Gasteiger partial charge is 0.406 e. The SMILES string of the molecule is CCC(CC)N(CC(F)(F)F)C(=O)c1ccc(CCl)cc1. The van der Waals surface area contributed by atoms with Gasteiger partial charge in [0.1, 0.15) is 6.54 Å². The molecule has 1 aromatic rings. The highest BCUT2D eigenvalue weighted by Crippen LogP contribution is 2.22. The summed E-state index contributed by atoms with van der Waals surface area (Å²) in [5, 5.41) is 0. The van der Waals surface area contributed by atoms with Gasteiger partial charge in [0.2, 0.25) is 0 Å². The maximum Gasteiger partial charge on any atom is 0.406 e. The molecule has 6 heteroatoms. The molecule has 1 rings (SSSR count). The molecule has 1 aromatic carbocycles. The fourth-order valence-corrected chi connectivity index (χ4v) is 2.37. The second kappa shape index (κ2) is 7.69. The van der Waals surface area contributed by atoms with Crippen LogP contribution in [-0.2, 0) is 5.88 Å². The summed E-state index contributed by atoms with van der Waals surface area (Å²) in [6, 6.07) is 5.92. The Morgan fingerprint density at radius 3 is 2.10 bits per heavy atom. The first kappa shape index (κ1) is 17.8. The van der Waals surface area contributed by atoms with E-state index >= 15 is 0 Å². The third-order valence-electron chi connectivity index (χ3n) is 3.35. The normalized spacial score (nSPS) is 11.8. The molecular formula is C15H19ClF3NO. The standard InChI is InChI=1S/C15H19ClF3NO/c1-3-13(4-2)20(10-15(17,18)19)14(21)12-7-5-11(9-16)6-8-12/h5-8,13H,3-4,9-10H2,1-2H3. The van der Waals surface area contributed by atoms with Crippen molar-refractivity contribution in [3.05, 3.63) is 35.4 Å². The van der Waals surface area contributed by atoms with Gasteiger partial charge < -0.3 is 4.90 Å². The molecule has 118 valence electrons. The number of rotatable bonds is 6. The number of alkyl halides is 4. The van der Waals surface area contributed by atoms with Crippen LogP contribution in [0, 0.1) is 0 Å². The van der Waals surface area contributed by atoms with Crippen LogP contribution in [0.3, 0.4) is 0 Å². The summed E-state index contributed by atoms with van der Waals surface area (Å²) in [5.41, 5.74) is 1.07. The molecule has 1 amide bonds. The van der Waals surface area contributed by atoms with Crippen LogP contribution in [0.5, 0.6) is 0 Å². The Hall–Kier alpha value is -1.23. The predicted octanol–water partition coefficient (Wildman–Crippen LogP) is 4.62. The van der Waals surface area contributed by atoms with Gasteiger partial charge in [-0.05, 0) is 30.5 Å². The molecule has 0 N–H and O–H groups in total. The average molecular weight is 322 g/mol. The van der Waals surface area contributed by atoms with Crippen molar-refractivity contribution < 1.29 is 18.0 Å². The molecule has 0 aliphatic rings. The third-order valence-corrected chi connectivity index (χ3v) is 3.66. The van der Waals surface area contributed by atoms with Crippen molar-refractivity contribution >= 4 is 17.5 Å². The molecule has 0 saturated heterocycles. The molecule has 0 spiro atoms. The molecule has 0 bridgehead atoms. The molecule has 0 fully saturated rings. The second-order valence-corrected chi connectivity index (χ2v) is 5.12. The Morgan fingerprint density at radius 2 is 1.71 bits per heavy atom. The number of benzene rings is 1. The van der Waals surface area contributed by atoms with E-state index in [9.17, 15) is 18.0 Å². The minimum Gasteiger partial charge on any atom is -0.327 e. The van der Waals surface area contributed by atoms with E-state index in [2.05, 4.69) is 0 Å². The molecule has 21 heavy (non-hydrogen) atoms. The minimum absolute atomic E-state index is 0.250. The van der Waals surface area contributed by atoms with Crippen molar-refractivity contribution in [1.29, 1.82) is 0 Å². The highest BCUT2D eigenvalue weighted by molar-refractivity contribution is 6.17. The van der Waals surface area contributed by atoms with Crippen molar-refractivity contribution in [2.24, 2.45) is 0 Å². The Labute approximate surface area is 127 Å². The molecular weight excluding hydrogens is 303 g/mol. The molecule has 0 aliphatic carbocycles.